The zero-order valence-electron chi connectivity index (χ0n) is 13.6. The Balaban J connectivity index is 1.91. The second kappa shape index (κ2) is 8.29. The van der Waals surface area contributed by atoms with Gasteiger partial charge in [-0.15, -0.1) is 0 Å². The van der Waals surface area contributed by atoms with Crippen molar-refractivity contribution in [1.82, 2.24) is 5.32 Å². The molecule has 0 unspecified atom stereocenters. The van der Waals surface area contributed by atoms with Crippen molar-refractivity contribution in [2.75, 3.05) is 11.9 Å². The van der Waals surface area contributed by atoms with Crippen molar-refractivity contribution >= 4 is 11.7 Å². The minimum atomic E-state index is -2.54. The van der Waals surface area contributed by atoms with Gasteiger partial charge >= 0.3 is 6.03 Å². The molecule has 0 saturated heterocycles. The molecule has 128 valence electrons. The van der Waals surface area contributed by atoms with Gasteiger partial charge in [-0.25, -0.2) is 13.6 Å². The molecule has 2 aromatic rings. The van der Waals surface area contributed by atoms with Crippen LogP contribution in [-0.4, -0.2) is 19.1 Å². The van der Waals surface area contributed by atoms with Crippen molar-refractivity contribution in [1.29, 1.82) is 0 Å². The Morgan fingerprint density at radius 3 is 2.50 bits per heavy atom. The number of carbonyl (C=O) groups excluding carboxylic acids is 1. The summed E-state index contributed by atoms with van der Waals surface area (Å²) < 4.78 is 29.5. The number of carbonyl (C=O) groups is 1. The van der Waals surface area contributed by atoms with Gasteiger partial charge in [-0.05, 0) is 31.0 Å². The van der Waals surface area contributed by atoms with Gasteiger partial charge in [0.2, 0.25) is 0 Å². The molecule has 0 radical (unpaired) electrons. The highest BCUT2D eigenvalue weighted by Crippen LogP contribution is 2.23. The summed E-state index contributed by atoms with van der Waals surface area (Å²) in [6.45, 7) is 3.47. The number of nitrogens with one attached hydrogen (secondary N) is 2. The van der Waals surface area contributed by atoms with E-state index in [1.165, 1.54) is 6.07 Å². The molecule has 0 aliphatic rings. The number of benzene rings is 2. The Morgan fingerprint density at radius 2 is 1.83 bits per heavy atom. The van der Waals surface area contributed by atoms with E-state index in [1.807, 2.05) is 31.2 Å². The van der Waals surface area contributed by atoms with E-state index in [9.17, 15) is 13.6 Å². The van der Waals surface area contributed by atoms with E-state index in [0.717, 1.165) is 16.7 Å². The molecule has 6 heteroatoms. The van der Waals surface area contributed by atoms with Gasteiger partial charge < -0.3 is 15.4 Å². The summed E-state index contributed by atoms with van der Waals surface area (Å²) >= 11 is 0. The summed E-state index contributed by atoms with van der Waals surface area (Å²) in [5.74, 6) is 0.326. The Labute approximate surface area is 139 Å². The molecule has 0 aromatic heterocycles. The molecule has 2 amide bonds. The van der Waals surface area contributed by atoms with E-state index in [2.05, 4.69) is 10.6 Å². The summed E-state index contributed by atoms with van der Waals surface area (Å²) in [5.41, 5.74) is 3.34. The van der Waals surface area contributed by atoms with Gasteiger partial charge in [-0.2, -0.15) is 0 Å². The van der Waals surface area contributed by atoms with Gasteiger partial charge in [-0.3, -0.25) is 0 Å². The van der Waals surface area contributed by atoms with E-state index in [-0.39, 0.29) is 6.03 Å². The number of anilines is 1. The maximum atomic E-state index is 12.2. The lowest BCUT2D eigenvalue weighted by atomic mass is 10.1. The molecule has 2 aromatic carbocycles. The van der Waals surface area contributed by atoms with E-state index >= 15 is 0 Å². The van der Waals surface area contributed by atoms with Gasteiger partial charge in [-0.1, -0.05) is 35.9 Å². The number of hydrogen-bond donors (Lipinski definition) is 2. The highest BCUT2D eigenvalue weighted by molar-refractivity contribution is 5.89. The lowest BCUT2D eigenvalue weighted by molar-refractivity contribution is 0.0816. The first-order valence-corrected chi connectivity index (χ1v) is 7.56. The third-order valence-corrected chi connectivity index (χ3v) is 3.38. The fraction of sp³-hybridized carbons (Fsp3) is 0.278. The highest BCUT2D eigenvalue weighted by Gasteiger charge is 2.08. The molecule has 0 fully saturated rings. The molecule has 4 nitrogen and oxygen atoms in total. The minimum Gasteiger partial charge on any atom is -0.487 e. The fourth-order valence-corrected chi connectivity index (χ4v) is 2.05. The van der Waals surface area contributed by atoms with Crippen molar-refractivity contribution < 1.29 is 18.3 Å². The Kier molecular flexibility index (Phi) is 6.12. The topological polar surface area (TPSA) is 50.4 Å². The molecule has 0 spiro atoms. The van der Waals surface area contributed by atoms with Crippen LogP contribution >= 0.6 is 0 Å². The lowest BCUT2D eigenvalue weighted by Crippen LogP contribution is -2.28. The van der Waals surface area contributed by atoms with E-state index in [4.69, 9.17) is 4.74 Å². The van der Waals surface area contributed by atoms with Crippen molar-refractivity contribution in [3.8, 4) is 5.75 Å². The van der Waals surface area contributed by atoms with Crippen LogP contribution in [0.2, 0.25) is 0 Å². The van der Waals surface area contributed by atoms with Crippen LogP contribution in [0.5, 0.6) is 5.75 Å². The standard InChI is InChI=1S/C18H20F2N2O2/c1-12-3-6-14(7-4-12)10-21-18(23)22-15-8-5-13(2)16(9-15)24-11-17(19)20/h3-9,17H,10-11H2,1-2H3,(H2,21,22,23). The van der Waals surface area contributed by atoms with E-state index < -0.39 is 13.0 Å². The number of amides is 2. The zero-order chi connectivity index (χ0) is 17.5. The number of halogens is 2. The Morgan fingerprint density at radius 1 is 1.12 bits per heavy atom. The van der Waals surface area contributed by atoms with Crippen LogP contribution in [0.4, 0.5) is 19.3 Å². The van der Waals surface area contributed by atoms with E-state index in [0.29, 0.717) is 18.0 Å². The molecule has 0 aliphatic carbocycles. The smallest absolute Gasteiger partial charge is 0.319 e. The first-order valence-electron chi connectivity index (χ1n) is 7.56. The van der Waals surface area contributed by atoms with Crippen LogP contribution in [0, 0.1) is 13.8 Å². The number of aryl methyl sites for hydroxylation is 2. The maximum Gasteiger partial charge on any atom is 0.319 e. The van der Waals surface area contributed by atoms with Gasteiger partial charge in [0, 0.05) is 18.3 Å². The molecule has 0 saturated carbocycles. The van der Waals surface area contributed by atoms with Crippen LogP contribution in [0.25, 0.3) is 0 Å². The first-order chi connectivity index (χ1) is 11.4. The van der Waals surface area contributed by atoms with Gasteiger partial charge in [0.05, 0.1) is 0 Å². The summed E-state index contributed by atoms with van der Waals surface area (Å²) in [4.78, 5) is 11.9. The Hall–Kier alpha value is -2.63. The summed E-state index contributed by atoms with van der Waals surface area (Å²) in [7, 11) is 0. The average Bonchev–Trinajstić information content (AvgIpc) is 2.54. The molecule has 0 heterocycles. The van der Waals surface area contributed by atoms with Gasteiger partial charge in [0.1, 0.15) is 12.4 Å². The number of rotatable bonds is 6. The predicted octanol–water partition coefficient (Wildman–Crippen LogP) is 4.27. The second-order valence-corrected chi connectivity index (χ2v) is 5.48. The average molecular weight is 334 g/mol. The quantitative estimate of drug-likeness (QED) is 0.829. The lowest BCUT2D eigenvalue weighted by Gasteiger charge is -2.12. The molecule has 0 aliphatic heterocycles. The molecular formula is C18H20F2N2O2. The maximum absolute atomic E-state index is 12.2. The number of urea groups is 1. The third kappa shape index (κ3) is 5.53. The van der Waals surface area contributed by atoms with Crippen LogP contribution in [0.3, 0.4) is 0 Å². The largest absolute Gasteiger partial charge is 0.487 e. The van der Waals surface area contributed by atoms with Crippen LogP contribution < -0.4 is 15.4 Å². The number of hydrogen-bond acceptors (Lipinski definition) is 2. The summed E-state index contributed by atoms with van der Waals surface area (Å²) in [6, 6.07) is 12.4. The monoisotopic (exact) mass is 334 g/mol. The normalized spacial score (nSPS) is 10.5. The van der Waals surface area contributed by atoms with Gasteiger partial charge in [0.15, 0.2) is 0 Å². The molecule has 2 N–H and O–H groups in total. The van der Waals surface area contributed by atoms with Crippen molar-refractivity contribution in [2.24, 2.45) is 0 Å². The predicted molar refractivity (Wildman–Crippen MR) is 89.7 cm³/mol. The van der Waals surface area contributed by atoms with Crippen LogP contribution in [0.1, 0.15) is 16.7 Å². The van der Waals surface area contributed by atoms with Crippen molar-refractivity contribution in [2.45, 2.75) is 26.8 Å². The molecule has 0 atom stereocenters. The zero-order valence-corrected chi connectivity index (χ0v) is 13.6. The fourth-order valence-electron chi connectivity index (χ4n) is 2.05. The van der Waals surface area contributed by atoms with E-state index in [1.54, 1.807) is 19.1 Å². The van der Waals surface area contributed by atoms with Crippen molar-refractivity contribution in [3.05, 3.63) is 59.2 Å². The SMILES string of the molecule is Cc1ccc(CNC(=O)Nc2ccc(C)c(OCC(F)F)c2)cc1. The molecule has 0 bridgehead atoms. The summed E-state index contributed by atoms with van der Waals surface area (Å²) in [5, 5.41) is 5.40. The number of alkyl halides is 2. The van der Waals surface area contributed by atoms with Crippen LogP contribution in [-0.2, 0) is 6.54 Å². The van der Waals surface area contributed by atoms with Gasteiger partial charge in [0.25, 0.3) is 6.43 Å². The first kappa shape index (κ1) is 17.7. The second-order valence-electron chi connectivity index (χ2n) is 5.48. The minimum absolute atomic E-state index is 0.326. The molecule has 2 rings (SSSR count). The van der Waals surface area contributed by atoms with Crippen molar-refractivity contribution in [3.63, 3.8) is 0 Å². The summed E-state index contributed by atoms with van der Waals surface area (Å²) in [6.07, 6.45) is -2.54. The third-order valence-electron chi connectivity index (χ3n) is 3.38. The van der Waals surface area contributed by atoms with Crippen LogP contribution in [0.15, 0.2) is 42.5 Å². The Bertz CT molecular complexity index is 688. The highest BCUT2D eigenvalue weighted by atomic mass is 19.3. The molecular weight excluding hydrogens is 314 g/mol. The number of ether oxygens (including phenoxy) is 1. The molecule has 24 heavy (non-hydrogen) atoms.